The highest BCUT2D eigenvalue weighted by Crippen LogP contribution is 2.20. The Morgan fingerprint density at radius 1 is 1.50 bits per heavy atom. The molecule has 0 aromatic rings. The van der Waals surface area contributed by atoms with E-state index >= 15 is 0 Å². The van der Waals surface area contributed by atoms with Gasteiger partial charge in [-0.25, -0.2) is 0 Å². The van der Waals surface area contributed by atoms with Gasteiger partial charge < -0.3 is 10.0 Å². The molecule has 1 heterocycles. The molecule has 1 fully saturated rings. The standard InChI is InChI=1S/C11H21NO2/c1-3-10-4-6-12(7-5-10)8-9(2)11(13)14/h9-10H,3-8H2,1-2H3,(H,13,14). The Bertz CT molecular complexity index is 186. The predicted molar refractivity (Wildman–Crippen MR) is 56.3 cm³/mol. The lowest BCUT2D eigenvalue weighted by molar-refractivity contribution is -0.141. The van der Waals surface area contributed by atoms with Crippen LogP contribution in [0.15, 0.2) is 0 Å². The van der Waals surface area contributed by atoms with Crippen LogP contribution < -0.4 is 0 Å². The van der Waals surface area contributed by atoms with Gasteiger partial charge in [0, 0.05) is 6.54 Å². The van der Waals surface area contributed by atoms with E-state index < -0.39 is 5.97 Å². The van der Waals surface area contributed by atoms with E-state index in [2.05, 4.69) is 11.8 Å². The number of nitrogens with zero attached hydrogens (tertiary/aromatic N) is 1. The van der Waals surface area contributed by atoms with E-state index in [1.54, 1.807) is 6.92 Å². The van der Waals surface area contributed by atoms with Crippen molar-refractivity contribution in [2.45, 2.75) is 33.1 Å². The molecule has 0 aromatic carbocycles. The van der Waals surface area contributed by atoms with E-state index in [1.807, 2.05) is 0 Å². The highest BCUT2D eigenvalue weighted by atomic mass is 16.4. The molecule has 0 amide bonds. The van der Waals surface area contributed by atoms with Gasteiger partial charge in [-0.3, -0.25) is 4.79 Å². The normalized spacial score (nSPS) is 22.1. The first-order valence-electron chi connectivity index (χ1n) is 5.58. The third-order valence-corrected chi connectivity index (χ3v) is 3.24. The van der Waals surface area contributed by atoms with Crippen LogP contribution >= 0.6 is 0 Å². The largest absolute Gasteiger partial charge is 0.481 e. The molecule has 1 saturated heterocycles. The molecule has 1 aliphatic heterocycles. The summed E-state index contributed by atoms with van der Waals surface area (Å²) in [6.45, 7) is 6.90. The van der Waals surface area contributed by atoms with Crippen molar-refractivity contribution in [3.63, 3.8) is 0 Å². The van der Waals surface area contributed by atoms with Crippen molar-refractivity contribution in [3.05, 3.63) is 0 Å². The van der Waals surface area contributed by atoms with E-state index in [1.165, 1.54) is 19.3 Å². The Hall–Kier alpha value is -0.570. The lowest BCUT2D eigenvalue weighted by atomic mass is 9.94. The maximum absolute atomic E-state index is 10.7. The van der Waals surface area contributed by atoms with Gasteiger partial charge in [-0.1, -0.05) is 20.3 Å². The monoisotopic (exact) mass is 199 g/mol. The molecule has 0 aliphatic carbocycles. The van der Waals surface area contributed by atoms with Crippen molar-refractivity contribution in [2.24, 2.45) is 11.8 Å². The average molecular weight is 199 g/mol. The van der Waals surface area contributed by atoms with Crippen LogP contribution in [0.5, 0.6) is 0 Å². The summed E-state index contributed by atoms with van der Waals surface area (Å²) in [4.78, 5) is 12.9. The number of carboxylic acids is 1. The number of rotatable bonds is 4. The number of piperidine rings is 1. The van der Waals surface area contributed by atoms with Gasteiger partial charge in [0.05, 0.1) is 5.92 Å². The molecule has 1 unspecified atom stereocenters. The lowest BCUT2D eigenvalue weighted by Gasteiger charge is -2.32. The number of carbonyl (C=O) groups is 1. The maximum Gasteiger partial charge on any atom is 0.307 e. The SMILES string of the molecule is CCC1CCN(CC(C)C(=O)O)CC1. The summed E-state index contributed by atoms with van der Waals surface area (Å²) in [6, 6.07) is 0. The highest BCUT2D eigenvalue weighted by molar-refractivity contribution is 5.69. The van der Waals surface area contributed by atoms with E-state index in [9.17, 15) is 4.79 Å². The third kappa shape index (κ3) is 3.29. The van der Waals surface area contributed by atoms with Crippen molar-refractivity contribution < 1.29 is 9.90 Å². The number of likely N-dealkylation sites (tertiary alicyclic amines) is 1. The lowest BCUT2D eigenvalue weighted by Crippen LogP contribution is -2.38. The van der Waals surface area contributed by atoms with Gasteiger partial charge in [0.25, 0.3) is 0 Å². The zero-order chi connectivity index (χ0) is 10.6. The Labute approximate surface area is 86.1 Å². The Kier molecular flexibility index (Phi) is 4.39. The summed E-state index contributed by atoms with van der Waals surface area (Å²) in [7, 11) is 0. The smallest absolute Gasteiger partial charge is 0.307 e. The van der Waals surface area contributed by atoms with Gasteiger partial charge >= 0.3 is 5.97 Å². The van der Waals surface area contributed by atoms with E-state index in [0.717, 1.165) is 19.0 Å². The molecular weight excluding hydrogens is 178 g/mol. The van der Waals surface area contributed by atoms with Crippen LogP contribution in [0.4, 0.5) is 0 Å². The molecule has 82 valence electrons. The summed E-state index contributed by atoms with van der Waals surface area (Å²) >= 11 is 0. The molecular formula is C11H21NO2. The quantitative estimate of drug-likeness (QED) is 0.751. The van der Waals surface area contributed by atoms with Crippen LogP contribution in [0, 0.1) is 11.8 Å². The van der Waals surface area contributed by atoms with Gasteiger partial charge in [-0.2, -0.15) is 0 Å². The predicted octanol–water partition coefficient (Wildman–Crippen LogP) is 1.83. The Morgan fingerprint density at radius 3 is 2.50 bits per heavy atom. The summed E-state index contributed by atoms with van der Waals surface area (Å²) in [5.74, 6) is -0.0397. The van der Waals surface area contributed by atoms with Gasteiger partial charge in [-0.15, -0.1) is 0 Å². The molecule has 3 nitrogen and oxygen atoms in total. The number of hydrogen-bond donors (Lipinski definition) is 1. The summed E-state index contributed by atoms with van der Waals surface area (Å²) in [5.41, 5.74) is 0. The van der Waals surface area contributed by atoms with E-state index in [-0.39, 0.29) is 5.92 Å². The first kappa shape index (κ1) is 11.5. The molecule has 1 N–H and O–H groups in total. The van der Waals surface area contributed by atoms with Crippen LogP contribution in [-0.4, -0.2) is 35.6 Å². The molecule has 0 radical (unpaired) electrons. The van der Waals surface area contributed by atoms with Crippen molar-refractivity contribution in [1.29, 1.82) is 0 Å². The van der Waals surface area contributed by atoms with Gasteiger partial charge in [-0.05, 0) is 31.8 Å². The molecule has 0 spiro atoms. The van der Waals surface area contributed by atoms with Crippen molar-refractivity contribution in [2.75, 3.05) is 19.6 Å². The van der Waals surface area contributed by atoms with Gasteiger partial charge in [0.2, 0.25) is 0 Å². The minimum absolute atomic E-state index is 0.229. The first-order valence-corrected chi connectivity index (χ1v) is 5.58. The van der Waals surface area contributed by atoms with Crippen LogP contribution in [0.1, 0.15) is 33.1 Å². The molecule has 1 rings (SSSR count). The zero-order valence-corrected chi connectivity index (χ0v) is 9.20. The Morgan fingerprint density at radius 2 is 2.07 bits per heavy atom. The highest BCUT2D eigenvalue weighted by Gasteiger charge is 2.21. The molecule has 1 atom stereocenters. The van der Waals surface area contributed by atoms with Crippen LogP contribution in [0.3, 0.4) is 0 Å². The summed E-state index contributed by atoms with van der Waals surface area (Å²) in [6.07, 6.45) is 3.74. The fourth-order valence-corrected chi connectivity index (χ4v) is 2.04. The summed E-state index contributed by atoms with van der Waals surface area (Å²) in [5, 5.41) is 8.78. The molecule has 0 saturated carbocycles. The topological polar surface area (TPSA) is 40.5 Å². The van der Waals surface area contributed by atoms with Crippen molar-refractivity contribution in [3.8, 4) is 0 Å². The van der Waals surface area contributed by atoms with Gasteiger partial charge in [0.15, 0.2) is 0 Å². The van der Waals surface area contributed by atoms with E-state index in [0.29, 0.717) is 6.54 Å². The van der Waals surface area contributed by atoms with Crippen LogP contribution in [-0.2, 0) is 4.79 Å². The van der Waals surface area contributed by atoms with Crippen molar-refractivity contribution >= 4 is 5.97 Å². The molecule has 14 heavy (non-hydrogen) atoms. The minimum atomic E-state index is -0.678. The fraction of sp³-hybridized carbons (Fsp3) is 0.909. The van der Waals surface area contributed by atoms with Gasteiger partial charge in [0.1, 0.15) is 0 Å². The molecule has 0 bridgehead atoms. The third-order valence-electron chi connectivity index (χ3n) is 3.24. The average Bonchev–Trinajstić information content (AvgIpc) is 2.19. The number of aliphatic carboxylic acids is 1. The minimum Gasteiger partial charge on any atom is -0.481 e. The first-order chi connectivity index (χ1) is 6.63. The second-order valence-corrected chi connectivity index (χ2v) is 4.39. The second-order valence-electron chi connectivity index (χ2n) is 4.39. The molecule has 0 aromatic heterocycles. The van der Waals surface area contributed by atoms with E-state index in [4.69, 9.17) is 5.11 Å². The number of hydrogen-bond acceptors (Lipinski definition) is 2. The zero-order valence-electron chi connectivity index (χ0n) is 9.20. The Balaban J connectivity index is 2.25. The maximum atomic E-state index is 10.7. The second kappa shape index (κ2) is 5.35. The van der Waals surface area contributed by atoms with Crippen molar-refractivity contribution in [1.82, 2.24) is 4.90 Å². The number of carboxylic acid groups (broad SMARTS) is 1. The molecule has 3 heteroatoms. The van der Waals surface area contributed by atoms with Crippen LogP contribution in [0.2, 0.25) is 0 Å². The molecule has 1 aliphatic rings. The van der Waals surface area contributed by atoms with Crippen LogP contribution in [0.25, 0.3) is 0 Å². The fourth-order valence-electron chi connectivity index (χ4n) is 2.04. The summed E-state index contributed by atoms with van der Waals surface area (Å²) < 4.78 is 0.